The van der Waals surface area contributed by atoms with Gasteiger partial charge in [0.05, 0.1) is 6.61 Å². The normalized spacial score (nSPS) is 14.5. The molecular formula is C11H12O2. The molecule has 13 heavy (non-hydrogen) atoms. The number of benzene rings is 1. The van der Waals surface area contributed by atoms with E-state index in [9.17, 15) is 4.79 Å². The number of ketones is 1. The Morgan fingerprint density at radius 2 is 2.31 bits per heavy atom. The molecule has 1 aromatic carbocycles. The summed E-state index contributed by atoms with van der Waals surface area (Å²) in [6.45, 7) is 2.37. The molecule has 0 fully saturated rings. The summed E-state index contributed by atoms with van der Waals surface area (Å²) in [4.78, 5) is 11.3. The maximum Gasteiger partial charge on any atom is 0.160 e. The molecule has 1 aliphatic heterocycles. The van der Waals surface area contributed by atoms with E-state index in [1.54, 1.807) is 6.92 Å². The average molecular weight is 176 g/mol. The molecule has 0 bridgehead atoms. The lowest BCUT2D eigenvalue weighted by Gasteiger charge is -2.18. The molecule has 0 saturated heterocycles. The summed E-state index contributed by atoms with van der Waals surface area (Å²) in [5.74, 6) is 1.02. The van der Waals surface area contributed by atoms with E-state index in [1.807, 2.05) is 18.2 Å². The van der Waals surface area contributed by atoms with Crippen molar-refractivity contribution in [3.8, 4) is 5.75 Å². The first-order chi connectivity index (χ1) is 6.29. The fourth-order valence-corrected chi connectivity index (χ4v) is 1.72. The Balaban J connectivity index is 2.52. The average Bonchev–Trinajstić information content (AvgIpc) is 2.17. The summed E-state index contributed by atoms with van der Waals surface area (Å²) < 4.78 is 5.46. The molecule has 0 amide bonds. The lowest BCUT2D eigenvalue weighted by molar-refractivity contribution is 0.101. The Labute approximate surface area is 77.5 Å². The summed E-state index contributed by atoms with van der Waals surface area (Å²) in [7, 11) is 0. The van der Waals surface area contributed by atoms with Crippen LogP contribution in [0.5, 0.6) is 5.75 Å². The predicted molar refractivity (Wildman–Crippen MR) is 50.3 cm³/mol. The molecular weight excluding hydrogens is 164 g/mol. The molecule has 0 aromatic heterocycles. The fraction of sp³-hybridized carbons (Fsp3) is 0.364. The van der Waals surface area contributed by atoms with E-state index in [0.717, 1.165) is 36.3 Å². The first-order valence-electron chi connectivity index (χ1n) is 4.54. The van der Waals surface area contributed by atoms with Gasteiger partial charge in [-0.2, -0.15) is 0 Å². The summed E-state index contributed by atoms with van der Waals surface area (Å²) in [5.41, 5.74) is 1.90. The van der Waals surface area contributed by atoms with Gasteiger partial charge >= 0.3 is 0 Å². The van der Waals surface area contributed by atoms with Gasteiger partial charge in [0.1, 0.15) is 5.75 Å². The van der Waals surface area contributed by atoms with Crippen LogP contribution in [0.1, 0.15) is 29.3 Å². The minimum Gasteiger partial charge on any atom is -0.493 e. The largest absolute Gasteiger partial charge is 0.493 e. The van der Waals surface area contributed by atoms with Crippen LogP contribution < -0.4 is 4.74 Å². The SMILES string of the molecule is CC(=O)c1cccc2c1CCCO2. The Morgan fingerprint density at radius 1 is 1.46 bits per heavy atom. The minimum atomic E-state index is 0.127. The minimum absolute atomic E-state index is 0.127. The van der Waals surface area contributed by atoms with Gasteiger partial charge in [0.2, 0.25) is 0 Å². The molecule has 0 spiro atoms. The molecule has 0 radical (unpaired) electrons. The number of hydrogen-bond acceptors (Lipinski definition) is 2. The molecule has 0 atom stereocenters. The zero-order valence-corrected chi connectivity index (χ0v) is 7.67. The summed E-state index contributed by atoms with van der Waals surface area (Å²) in [5, 5.41) is 0. The molecule has 0 N–H and O–H groups in total. The van der Waals surface area contributed by atoms with Crippen molar-refractivity contribution in [2.24, 2.45) is 0 Å². The van der Waals surface area contributed by atoms with Crippen LogP contribution >= 0.6 is 0 Å². The number of fused-ring (bicyclic) bond motifs is 1. The van der Waals surface area contributed by atoms with Gasteiger partial charge in [0, 0.05) is 11.1 Å². The molecule has 0 aliphatic carbocycles. The zero-order chi connectivity index (χ0) is 9.26. The third-order valence-corrected chi connectivity index (χ3v) is 2.34. The molecule has 1 heterocycles. The van der Waals surface area contributed by atoms with Crippen molar-refractivity contribution < 1.29 is 9.53 Å². The summed E-state index contributed by atoms with van der Waals surface area (Å²) in [6, 6.07) is 5.68. The quantitative estimate of drug-likeness (QED) is 0.613. The van der Waals surface area contributed by atoms with Crippen LogP contribution in [0, 0.1) is 0 Å². The van der Waals surface area contributed by atoms with E-state index >= 15 is 0 Å². The molecule has 68 valence electrons. The van der Waals surface area contributed by atoms with Crippen molar-refractivity contribution in [3.05, 3.63) is 29.3 Å². The van der Waals surface area contributed by atoms with Crippen LogP contribution in [-0.4, -0.2) is 12.4 Å². The Morgan fingerprint density at radius 3 is 3.08 bits per heavy atom. The highest BCUT2D eigenvalue weighted by molar-refractivity contribution is 5.96. The van der Waals surface area contributed by atoms with Crippen molar-refractivity contribution in [2.45, 2.75) is 19.8 Å². The van der Waals surface area contributed by atoms with E-state index in [1.165, 1.54) is 0 Å². The molecule has 0 saturated carbocycles. The second kappa shape index (κ2) is 3.21. The van der Waals surface area contributed by atoms with Crippen LogP contribution in [0.3, 0.4) is 0 Å². The van der Waals surface area contributed by atoms with Gasteiger partial charge in [-0.3, -0.25) is 4.79 Å². The van der Waals surface area contributed by atoms with E-state index in [4.69, 9.17) is 4.74 Å². The highest BCUT2D eigenvalue weighted by Crippen LogP contribution is 2.27. The smallest absolute Gasteiger partial charge is 0.160 e. The van der Waals surface area contributed by atoms with E-state index in [2.05, 4.69) is 0 Å². The van der Waals surface area contributed by atoms with Gasteiger partial charge in [0.25, 0.3) is 0 Å². The standard InChI is InChI=1S/C11H12O2/c1-8(12)9-4-2-6-11-10(9)5-3-7-13-11/h2,4,6H,3,5,7H2,1H3. The molecule has 2 rings (SSSR count). The molecule has 0 unspecified atom stereocenters. The van der Waals surface area contributed by atoms with Crippen LogP contribution in [0.2, 0.25) is 0 Å². The van der Waals surface area contributed by atoms with Crippen molar-refractivity contribution in [1.29, 1.82) is 0 Å². The van der Waals surface area contributed by atoms with E-state index in [0.29, 0.717) is 0 Å². The Kier molecular flexibility index (Phi) is 2.05. The van der Waals surface area contributed by atoms with E-state index in [-0.39, 0.29) is 5.78 Å². The van der Waals surface area contributed by atoms with Crippen LogP contribution in [0.4, 0.5) is 0 Å². The summed E-state index contributed by atoms with van der Waals surface area (Å²) >= 11 is 0. The topological polar surface area (TPSA) is 26.3 Å². The highest BCUT2D eigenvalue weighted by atomic mass is 16.5. The molecule has 2 heteroatoms. The van der Waals surface area contributed by atoms with Crippen molar-refractivity contribution in [3.63, 3.8) is 0 Å². The van der Waals surface area contributed by atoms with Gasteiger partial charge < -0.3 is 4.74 Å². The van der Waals surface area contributed by atoms with Crippen LogP contribution in [-0.2, 0) is 6.42 Å². The molecule has 1 aliphatic rings. The zero-order valence-electron chi connectivity index (χ0n) is 7.67. The first-order valence-corrected chi connectivity index (χ1v) is 4.54. The number of hydrogen-bond donors (Lipinski definition) is 0. The van der Waals surface area contributed by atoms with Gasteiger partial charge in [-0.15, -0.1) is 0 Å². The summed E-state index contributed by atoms with van der Waals surface area (Å²) in [6.07, 6.45) is 1.97. The number of carbonyl (C=O) groups is 1. The van der Waals surface area contributed by atoms with Crippen molar-refractivity contribution in [1.82, 2.24) is 0 Å². The maximum atomic E-state index is 11.3. The van der Waals surface area contributed by atoms with Crippen LogP contribution in [0.25, 0.3) is 0 Å². The van der Waals surface area contributed by atoms with Gasteiger partial charge in [-0.05, 0) is 25.8 Å². The Bertz CT molecular complexity index is 342. The lowest BCUT2D eigenvalue weighted by Crippen LogP contribution is -2.11. The third-order valence-electron chi connectivity index (χ3n) is 2.34. The lowest BCUT2D eigenvalue weighted by atomic mass is 9.98. The molecule has 2 nitrogen and oxygen atoms in total. The number of carbonyl (C=O) groups excluding carboxylic acids is 1. The maximum absolute atomic E-state index is 11.3. The van der Waals surface area contributed by atoms with Gasteiger partial charge in [-0.25, -0.2) is 0 Å². The fourth-order valence-electron chi connectivity index (χ4n) is 1.72. The van der Waals surface area contributed by atoms with E-state index < -0.39 is 0 Å². The highest BCUT2D eigenvalue weighted by Gasteiger charge is 2.15. The Hall–Kier alpha value is -1.31. The molecule has 1 aromatic rings. The monoisotopic (exact) mass is 176 g/mol. The van der Waals surface area contributed by atoms with Crippen molar-refractivity contribution >= 4 is 5.78 Å². The van der Waals surface area contributed by atoms with Crippen molar-refractivity contribution in [2.75, 3.05) is 6.61 Å². The second-order valence-corrected chi connectivity index (χ2v) is 3.29. The predicted octanol–water partition coefficient (Wildman–Crippen LogP) is 2.21. The van der Waals surface area contributed by atoms with Crippen LogP contribution in [0.15, 0.2) is 18.2 Å². The van der Waals surface area contributed by atoms with Gasteiger partial charge in [0.15, 0.2) is 5.78 Å². The first kappa shape index (κ1) is 8.30. The third kappa shape index (κ3) is 1.44. The number of rotatable bonds is 1. The van der Waals surface area contributed by atoms with Gasteiger partial charge in [-0.1, -0.05) is 12.1 Å². The number of Topliss-reactive ketones (excluding diaryl/α,β-unsaturated/α-hetero) is 1. The number of ether oxygens (including phenoxy) is 1. The second-order valence-electron chi connectivity index (χ2n) is 3.29.